The van der Waals surface area contributed by atoms with Gasteiger partial charge in [0.2, 0.25) is 0 Å². The first-order chi connectivity index (χ1) is 6.20. The molecule has 0 aliphatic heterocycles. The summed E-state index contributed by atoms with van der Waals surface area (Å²) in [5, 5.41) is 21.4. The Kier molecular flexibility index (Phi) is 3.29. The summed E-state index contributed by atoms with van der Waals surface area (Å²) in [6, 6.07) is 2.16. The summed E-state index contributed by atoms with van der Waals surface area (Å²) >= 11 is 1.56. The summed E-state index contributed by atoms with van der Waals surface area (Å²) in [5.41, 5.74) is 1.74. The number of aryl methyl sites for hydroxylation is 1. The zero-order valence-electron chi connectivity index (χ0n) is 7.72. The summed E-state index contributed by atoms with van der Waals surface area (Å²) in [6.07, 6.45) is 0. The van der Waals surface area contributed by atoms with E-state index in [4.69, 9.17) is 10.4 Å². The Morgan fingerprint density at radius 2 is 2.23 bits per heavy atom. The maximum Gasteiger partial charge on any atom is 0.107 e. The van der Waals surface area contributed by atoms with Crippen LogP contribution in [0, 0.1) is 25.2 Å². The number of anilines is 1. The van der Waals surface area contributed by atoms with Crippen molar-refractivity contribution in [3.63, 3.8) is 0 Å². The Hall–Kier alpha value is -1.05. The summed E-state index contributed by atoms with van der Waals surface area (Å²) in [4.78, 5) is 1.15. The highest BCUT2D eigenvalue weighted by Gasteiger charge is 2.10. The predicted octanol–water partition coefficient (Wildman–Crippen LogP) is 1.64. The van der Waals surface area contributed by atoms with Gasteiger partial charge in [-0.25, -0.2) is 0 Å². The fraction of sp³-hybridized carbons (Fsp3) is 0.444. The van der Waals surface area contributed by atoms with Crippen molar-refractivity contribution in [3.8, 4) is 6.07 Å². The SMILES string of the molecule is Cc1sc(NCCO)c(C#N)c1C. The third-order valence-corrected chi connectivity index (χ3v) is 3.06. The van der Waals surface area contributed by atoms with Crippen LogP contribution in [0.4, 0.5) is 5.00 Å². The van der Waals surface area contributed by atoms with Crippen LogP contribution in [0.3, 0.4) is 0 Å². The van der Waals surface area contributed by atoms with Crippen molar-refractivity contribution in [1.29, 1.82) is 5.26 Å². The number of aliphatic hydroxyl groups excluding tert-OH is 1. The number of nitrogens with one attached hydrogen (secondary N) is 1. The van der Waals surface area contributed by atoms with E-state index in [1.807, 2.05) is 13.8 Å². The van der Waals surface area contributed by atoms with Crippen molar-refractivity contribution in [2.45, 2.75) is 13.8 Å². The molecule has 0 amide bonds. The van der Waals surface area contributed by atoms with E-state index in [9.17, 15) is 0 Å². The van der Waals surface area contributed by atoms with Gasteiger partial charge in [-0.2, -0.15) is 5.26 Å². The van der Waals surface area contributed by atoms with Gasteiger partial charge in [-0.15, -0.1) is 11.3 Å². The Morgan fingerprint density at radius 3 is 2.77 bits per heavy atom. The van der Waals surface area contributed by atoms with Crippen molar-refractivity contribution >= 4 is 16.3 Å². The summed E-state index contributed by atoms with van der Waals surface area (Å²) in [6.45, 7) is 4.51. The van der Waals surface area contributed by atoms with Gasteiger partial charge in [-0.3, -0.25) is 0 Å². The lowest BCUT2D eigenvalue weighted by atomic mass is 10.2. The van der Waals surface area contributed by atoms with E-state index in [0.717, 1.165) is 15.4 Å². The van der Waals surface area contributed by atoms with E-state index in [0.29, 0.717) is 12.1 Å². The third-order valence-electron chi connectivity index (χ3n) is 1.89. The van der Waals surface area contributed by atoms with Gasteiger partial charge in [0.25, 0.3) is 0 Å². The minimum atomic E-state index is 0.0842. The molecule has 13 heavy (non-hydrogen) atoms. The first-order valence-electron chi connectivity index (χ1n) is 4.05. The molecule has 0 saturated carbocycles. The molecule has 70 valence electrons. The van der Waals surface area contributed by atoms with Gasteiger partial charge in [0.15, 0.2) is 0 Å². The molecular formula is C9H12N2OS. The average molecular weight is 196 g/mol. The van der Waals surface area contributed by atoms with Crippen molar-refractivity contribution in [1.82, 2.24) is 0 Å². The number of hydrogen-bond acceptors (Lipinski definition) is 4. The molecule has 1 aromatic heterocycles. The molecule has 0 aromatic carbocycles. The standard InChI is InChI=1S/C9H12N2OS/c1-6-7(2)13-9(8(6)5-10)11-3-4-12/h11-12H,3-4H2,1-2H3. The van der Waals surface area contributed by atoms with Crippen molar-refractivity contribution in [2.75, 3.05) is 18.5 Å². The van der Waals surface area contributed by atoms with Crippen LogP contribution in [0.5, 0.6) is 0 Å². The molecule has 3 nitrogen and oxygen atoms in total. The zero-order chi connectivity index (χ0) is 9.84. The quantitative estimate of drug-likeness (QED) is 0.772. The van der Waals surface area contributed by atoms with Crippen molar-refractivity contribution in [2.24, 2.45) is 0 Å². The molecular weight excluding hydrogens is 184 g/mol. The molecule has 0 aliphatic rings. The zero-order valence-corrected chi connectivity index (χ0v) is 8.53. The Morgan fingerprint density at radius 1 is 1.54 bits per heavy atom. The molecule has 0 radical (unpaired) electrons. The van der Waals surface area contributed by atoms with Crippen LogP contribution in [0.15, 0.2) is 0 Å². The number of rotatable bonds is 3. The molecule has 0 saturated heterocycles. The summed E-state index contributed by atoms with van der Waals surface area (Å²) < 4.78 is 0. The minimum Gasteiger partial charge on any atom is -0.395 e. The number of hydrogen-bond donors (Lipinski definition) is 2. The minimum absolute atomic E-state index is 0.0842. The van der Waals surface area contributed by atoms with Crippen LogP contribution >= 0.6 is 11.3 Å². The van der Waals surface area contributed by atoms with Gasteiger partial charge in [0.1, 0.15) is 11.1 Å². The number of thiophene rings is 1. The van der Waals surface area contributed by atoms with E-state index in [1.165, 1.54) is 0 Å². The second-order valence-corrected chi connectivity index (χ2v) is 3.97. The maximum absolute atomic E-state index is 8.87. The molecule has 0 atom stereocenters. The Labute approximate surface area is 81.6 Å². The highest BCUT2D eigenvalue weighted by molar-refractivity contribution is 7.16. The normalized spacial score (nSPS) is 9.69. The summed E-state index contributed by atoms with van der Waals surface area (Å²) in [5.74, 6) is 0. The molecule has 0 aliphatic carbocycles. The van der Waals surface area contributed by atoms with Crippen LogP contribution in [0.25, 0.3) is 0 Å². The second kappa shape index (κ2) is 4.26. The third kappa shape index (κ3) is 2.00. The molecule has 1 heterocycles. The van der Waals surface area contributed by atoms with Gasteiger partial charge in [-0.1, -0.05) is 0 Å². The molecule has 4 heteroatoms. The van der Waals surface area contributed by atoms with E-state index >= 15 is 0 Å². The lowest BCUT2D eigenvalue weighted by Gasteiger charge is -1.99. The van der Waals surface area contributed by atoms with E-state index in [1.54, 1.807) is 11.3 Å². The number of nitriles is 1. The van der Waals surface area contributed by atoms with Crippen LogP contribution in [0.1, 0.15) is 16.0 Å². The van der Waals surface area contributed by atoms with Crippen LogP contribution in [-0.4, -0.2) is 18.3 Å². The molecule has 0 fully saturated rings. The average Bonchev–Trinajstić information content (AvgIpc) is 2.39. The first kappa shape index (κ1) is 10.0. The smallest absolute Gasteiger partial charge is 0.107 e. The van der Waals surface area contributed by atoms with Gasteiger partial charge in [-0.05, 0) is 19.4 Å². The largest absolute Gasteiger partial charge is 0.395 e. The van der Waals surface area contributed by atoms with Crippen LogP contribution in [-0.2, 0) is 0 Å². The van der Waals surface area contributed by atoms with Gasteiger partial charge in [0.05, 0.1) is 12.2 Å². The Bertz CT molecular complexity index is 338. The predicted molar refractivity (Wildman–Crippen MR) is 54.1 cm³/mol. The maximum atomic E-state index is 8.87. The number of nitrogens with zero attached hydrogens (tertiary/aromatic N) is 1. The molecule has 1 aromatic rings. The van der Waals surface area contributed by atoms with Crippen LogP contribution < -0.4 is 5.32 Å². The van der Waals surface area contributed by atoms with E-state index in [-0.39, 0.29) is 6.61 Å². The van der Waals surface area contributed by atoms with Crippen molar-refractivity contribution < 1.29 is 5.11 Å². The second-order valence-electron chi connectivity index (χ2n) is 2.75. The highest BCUT2D eigenvalue weighted by atomic mass is 32.1. The highest BCUT2D eigenvalue weighted by Crippen LogP contribution is 2.31. The Balaban J connectivity index is 2.94. The van der Waals surface area contributed by atoms with E-state index in [2.05, 4.69) is 11.4 Å². The van der Waals surface area contributed by atoms with E-state index < -0.39 is 0 Å². The van der Waals surface area contributed by atoms with Gasteiger partial charge >= 0.3 is 0 Å². The van der Waals surface area contributed by atoms with Crippen molar-refractivity contribution in [3.05, 3.63) is 16.0 Å². The fourth-order valence-corrected chi connectivity index (χ4v) is 2.09. The summed E-state index contributed by atoms with van der Waals surface area (Å²) in [7, 11) is 0. The monoisotopic (exact) mass is 196 g/mol. The molecule has 1 rings (SSSR count). The fourth-order valence-electron chi connectivity index (χ4n) is 1.06. The number of aliphatic hydroxyl groups is 1. The van der Waals surface area contributed by atoms with Crippen LogP contribution in [0.2, 0.25) is 0 Å². The van der Waals surface area contributed by atoms with Gasteiger partial charge < -0.3 is 10.4 Å². The molecule has 0 bridgehead atoms. The topological polar surface area (TPSA) is 56.0 Å². The molecule has 2 N–H and O–H groups in total. The van der Waals surface area contributed by atoms with Gasteiger partial charge in [0, 0.05) is 11.4 Å². The first-order valence-corrected chi connectivity index (χ1v) is 4.87. The molecule has 0 unspecified atom stereocenters. The lowest BCUT2D eigenvalue weighted by molar-refractivity contribution is 0.311. The molecule has 0 spiro atoms. The lowest BCUT2D eigenvalue weighted by Crippen LogP contribution is -2.04.